The van der Waals surface area contributed by atoms with Gasteiger partial charge in [0.15, 0.2) is 6.61 Å². The predicted octanol–water partition coefficient (Wildman–Crippen LogP) is 3.40. The molecule has 1 aliphatic heterocycles. The van der Waals surface area contributed by atoms with Crippen LogP contribution < -0.4 is 10.2 Å². The molecule has 1 aliphatic rings. The first-order valence-electron chi connectivity index (χ1n) is 8.27. The van der Waals surface area contributed by atoms with Gasteiger partial charge in [0.05, 0.1) is 16.9 Å². The van der Waals surface area contributed by atoms with E-state index in [0.29, 0.717) is 18.7 Å². The first-order valence-corrected chi connectivity index (χ1v) is 8.65. The number of benzene rings is 2. The second kappa shape index (κ2) is 8.18. The van der Waals surface area contributed by atoms with Gasteiger partial charge in [0, 0.05) is 18.0 Å². The molecule has 1 N–H and O–H groups in total. The summed E-state index contributed by atoms with van der Waals surface area (Å²) >= 11 is 5.76. The van der Waals surface area contributed by atoms with Crippen LogP contribution in [0.5, 0.6) is 0 Å². The summed E-state index contributed by atoms with van der Waals surface area (Å²) in [7, 11) is 0. The van der Waals surface area contributed by atoms with Crippen LogP contribution in [0.3, 0.4) is 0 Å². The number of hydrogen-bond donors (Lipinski definition) is 1. The van der Waals surface area contributed by atoms with E-state index in [9.17, 15) is 18.8 Å². The Hall–Kier alpha value is -2.93. The number of anilines is 2. The topological polar surface area (TPSA) is 75.7 Å². The fraction of sp³-hybridized carbons (Fsp3) is 0.211. The van der Waals surface area contributed by atoms with Crippen molar-refractivity contribution in [2.45, 2.75) is 12.8 Å². The molecule has 0 aliphatic carbocycles. The van der Waals surface area contributed by atoms with Crippen LogP contribution >= 0.6 is 11.6 Å². The quantitative estimate of drug-likeness (QED) is 0.794. The minimum absolute atomic E-state index is 0.0653. The lowest BCUT2D eigenvalue weighted by atomic mass is 10.1. The fourth-order valence-electron chi connectivity index (χ4n) is 2.77. The summed E-state index contributed by atoms with van der Waals surface area (Å²) in [6.45, 7) is -0.0786. The van der Waals surface area contributed by atoms with Gasteiger partial charge in [-0.05, 0) is 36.8 Å². The third-order valence-corrected chi connectivity index (χ3v) is 4.26. The number of nitrogens with zero attached hydrogens (tertiary/aromatic N) is 1. The van der Waals surface area contributed by atoms with Crippen LogP contribution in [0.2, 0.25) is 5.02 Å². The van der Waals surface area contributed by atoms with E-state index in [1.54, 1.807) is 18.2 Å². The van der Waals surface area contributed by atoms with Gasteiger partial charge in [0.25, 0.3) is 5.91 Å². The highest BCUT2D eigenvalue weighted by Crippen LogP contribution is 2.26. The molecule has 2 aromatic carbocycles. The molecule has 0 aromatic heterocycles. The third-order valence-electron chi connectivity index (χ3n) is 4.03. The molecule has 140 valence electrons. The highest BCUT2D eigenvalue weighted by Gasteiger charge is 2.26. The molecule has 2 amide bonds. The molecule has 8 heteroatoms. The van der Waals surface area contributed by atoms with Crippen molar-refractivity contribution in [2.24, 2.45) is 0 Å². The Morgan fingerprint density at radius 3 is 2.74 bits per heavy atom. The van der Waals surface area contributed by atoms with Gasteiger partial charge in [-0.15, -0.1) is 0 Å². The van der Waals surface area contributed by atoms with E-state index in [1.165, 1.54) is 23.1 Å². The van der Waals surface area contributed by atoms with E-state index in [4.69, 9.17) is 16.3 Å². The lowest BCUT2D eigenvalue weighted by Gasteiger charge is -2.18. The molecule has 3 rings (SSSR count). The molecule has 1 saturated heterocycles. The fourth-order valence-corrected chi connectivity index (χ4v) is 2.94. The molecule has 0 saturated carbocycles. The normalized spacial score (nSPS) is 13.6. The second-order valence-corrected chi connectivity index (χ2v) is 6.35. The van der Waals surface area contributed by atoms with Crippen molar-refractivity contribution in [3.63, 3.8) is 0 Å². The van der Waals surface area contributed by atoms with Crippen molar-refractivity contribution in [2.75, 3.05) is 23.4 Å². The van der Waals surface area contributed by atoms with Gasteiger partial charge in [-0.2, -0.15) is 0 Å². The molecule has 0 spiro atoms. The van der Waals surface area contributed by atoms with E-state index < -0.39 is 24.3 Å². The van der Waals surface area contributed by atoms with Crippen molar-refractivity contribution in [1.29, 1.82) is 0 Å². The van der Waals surface area contributed by atoms with E-state index >= 15 is 0 Å². The number of rotatable bonds is 5. The van der Waals surface area contributed by atoms with Crippen molar-refractivity contribution in [1.82, 2.24) is 0 Å². The molecule has 0 bridgehead atoms. The Morgan fingerprint density at radius 1 is 1.22 bits per heavy atom. The highest BCUT2D eigenvalue weighted by molar-refractivity contribution is 6.30. The van der Waals surface area contributed by atoms with Gasteiger partial charge in [0.2, 0.25) is 5.91 Å². The van der Waals surface area contributed by atoms with Crippen molar-refractivity contribution in [3.05, 3.63) is 58.9 Å². The van der Waals surface area contributed by atoms with E-state index in [-0.39, 0.29) is 22.2 Å². The predicted molar refractivity (Wildman–Crippen MR) is 98.4 cm³/mol. The summed E-state index contributed by atoms with van der Waals surface area (Å²) in [5.74, 6) is -2.17. The number of esters is 1. The number of carbonyl (C=O) groups is 3. The second-order valence-electron chi connectivity index (χ2n) is 5.91. The van der Waals surface area contributed by atoms with Gasteiger partial charge in [-0.25, -0.2) is 9.18 Å². The first-order chi connectivity index (χ1) is 13.0. The van der Waals surface area contributed by atoms with Crippen molar-refractivity contribution >= 4 is 40.8 Å². The van der Waals surface area contributed by atoms with E-state index in [1.807, 2.05) is 0 Å². The number of nitrogens with one attached hydrogen (secondary N) is 1. The standard InChI is InChI=1S/C19H16ClFN2O4/c20-12-7-8-14(21)15(10-12)22-17(24)11-27-19(26)13-4-1-2-5-16(13)23-9-3-6-18(23)25/h1-2,4-5,7-8,10H,3,6,9,11H2,(H,22,24). The van der Waals surface area contributed by atoms with Crippen LogP contribution in [-0.4, -0.2) is 30.9 Å². The van der Waals surface area contributed by atoms with Crippen LogP contribution in [0.1, 0.15) is 23.2 Å². The van der Waals surface area contributed by atoms with Gasteiger partial charge in [-0.1, -0.05) is 23.7 Å². The van der Waals surface area contributed by atoms with Crippen LogP contribution in [0.15, 0.2) is 42.5 Å². The Balaban J connectivity index is 1.65. The average Bonchev–Trinajstić information content (AvgIpc) is 3.08. The molecular formula is C19H16ClFN2O4. The van der Waals surface area contributed by atoms with Crippen molar-refractivity contribution < 1.29 is 23.5 Å². The smallest absolute Gasteiger partial charge is 0.340 e. The Kier molecular flexibility index (Phi) is 5.71. The lowest BCUT2D eigenvalue weighted by molar-refractivity contribution is -0.119. The van der Waals surface area contributed by atoms with Crippen molar-refractivity contribution in [3.8, 4) is 0 Å². The number of para-hydroxylation sites is 1. The maximum atomic E-state index is 13.6. The molecule has 0 unspecified atom stereocenters. The zero-order chi connectivity index (χ0) is 19.4. The molecule has 0 atom stereocenters. The van der Waals surface area contributed by atoms with Crippen LogP contribution in [0.4, 0.5) is 15.8 Å². The van der Waals surface area contributed by atoms with Gasteiger partial charge >= 0.3 is 5.97 Å². The van der Waals surface area contributed by atoms with Gasteiger partial charge in [-0.3, -0.25) is 9.59 Å². The Morgan fingerprint density at radius 2 is 2.00 bits per heavy atom. The summed E-state index contributed by atoms with van der Waals surface area (Å²) in [5.41, 5.74) is 0.535. The number of amides is 2. The van der Waals surface area contributed by atoms with Gasteiger partial charge < -0.3 is 15.0 Å². The minimum Gasteiger partial charge on any atom is -0.452 e. The molecule has 1 fully saturated rings. The monoisotopic (exact) mass is 390 g/mol. The van der Waals surface area contributed by atoms with E-state index in [0.717, 1.165) is 12.5 Å². The molecule has 27 heavy (non-hydrogen) atoms. The zero-order valence-electron chi connectivity index (χ0n) is 14.2. The number of carbonyl (C=O) groups excluding carboxylic acids is 3. The molecular weight excluding hydrogens is 375 g/mol. The number of halogens is 2. The summed E-state index contributed by atoms with van der Waals surface area (Å²) < 4.78 is 18.7. The number of hydrogen-bond acceptors (Lipinski definition) is 4. The molecule has 0 radical (unpaired) electrons. The summed E-state index contributed by atoms with van der Waals surface area (Å²) in [6, 6.07) is 10.3. The average molecular weight is 391 g/mol. The maximum absolute atomic E-state index is 13.6. The Bertz CT molecular complexity index is 903. The first kappa shape index (κ1) is 18.8. The number of ether oxygens (including phenoxy) is 1. The molecule has 1 heterocycles. The van der Waals surface area contributed by atoms with Crippen LogP contribution in [0.25, 0.3) is 0 Å². The van der Waals surface area contributed by atoms with Crippen LogP contribution in [-0.2, 0) is 14.3 Å². The van der Waals surface area contributed by atoms with Crippen LogP contribution in [0, 0.1) is 5.82 Å². The summed E-state index contributed by atoms with van der Waals surface area (Å²) in [6.07, 6.45) is 1.15. The molecule has 6 nitrogen and oxygen atoms in total. The third kappa shape index (κ3) is 4.43. The zero-order valence-corrected chi connectivity index (χ0v) is 15.0. The minimum atomic E-state index is -0.744. The SMILES string of the molecule is O=C(COC(=O)c1ccccc1N1CCCC1=O)Nc1cc(Cl)ccc1F. The lowest BCUT2D eigenvalue weighted by Crippen LogP contribution is -2.27. The Labute approximate surface area is 159 Å². The van der Waals surface area contributed by atoms with Gasteiger partial charge in [0.1, 0.15) is 5.82 Å². The summed E-state index contributed by atoms with van der Waals surface area (Å²) in [5, 5.41) is 2.55. The highest BCUT2D eigenvalue weighted by atomic mass is 35.5. The molecule has 2 aromatic rings. The summed E-state index contributed by atoms with van der Waals surface area (Å²) in [4.78, 5) is 37.8. The maximum Gasteiger partial charge on any atom is 0.340 e. The van der Waals surface area contributed by atoms with E-state index in [2.05, 4.69) is 5.32 Å². The largest absolute Gasteiger partial charge is 0.452 e.